The van der Waals surface area contributed by atoms with E-state index in [0.29, 0.717) is 5.56 Å². The molecule has 0 N–H and O–H groups in total. The molecular weight excluding hydrogens is 184 g/mol. The Kier molecular flexibility index (Phi) is 2.98. The Morgan fingerprint density at radius 1 is 1.31 bits per heavy atom. The molecular formula is C10H12O2S. The van der Waals surface area contributed by atoms with Gasteiger partial charge in [-0.25, -0.2) is 0 Å². The molecule has 0 amide bonds. The number of benzene rings is 1. The van der Waals surface area contributed by atoms with Gasteiger partial charge >= 0.3 is 0 Å². The molecule has 0 saturated heterocycles. The number of thiol groups is 1. The van der Waals surface area contributed by atoms with Gasteiger partial charge in [0, 0.05) is 5.56 Å². The quantitative estimate of drug-likeness (QED) is 0.735. The van der Waals surface area contributed by atoms with Gasteiger partial charge < -0.3 is 4.74 Å². The normalized spacial score (nSPS) is 9.85. The summed E-state index contributed by atoms with van der Waals surface area (Å²) in [4.78, 5) is 11.0. The van der Waals surface area contributed by atoms with Crippen LogP contribution in [0.3, 0.4) is 0 Å². The van der Waals surface area contributed by atoms with Crippen molar-refractivity contribution in [3.8, 4) is 5.75 Å². The molecule has 1 aromatic carbocycles. The molecule has 0 unspecified atom stereocenters. The van der Waals surface area contributed by atoms with Crippen LogP contribution in [0.4, 0.5) is 0 Å². The second-order valence-electron chi connectivity index (χ2n) is 2.87. The molecule has 70 valence electrons. The Balaban J connectivity index is 3.31. The summed E-state index contributed by atoms with van der Waals surface area (Å²) in [7, 11) is 1.62. The summed E-state index contributed by atoms with van der Waals surface area (Å²) in [6.45, 7) is 3.82. The highest BCUT2D eigenvalue weighted by Crippen LogP contribution is 2.24. The molecule has 2 nitrogen and oxygen atoms in total. The van der Waals surface area contributed by atoms with Crippen molar-refractivity contribution in [2.24, 2.45) is 0 Å². The molecule has 0 radical (unpaired) electrons. The third kappa shape index (κ3) is 1.86. The van der Waals surface area contributed by atoms with Crippen molar-refractivity contribution >= 4 is 17.7 Å². The number of hydrogen-bond donors (Lipinski definition) is 1. The molecule has 0 aliphatic rings. The molecule has 0 saturated carbocycles. The van der Waals surface area contributed by atoms with Crippen LogP contribution < -0.4 is 4.74 Å². The maximum atomic E-state index is 11.0. The van der Waals surface area contributed by atoms with Crippen LogP contribution in [0.25, 0.3) is 0 Å². The van der Waals surface area contributed by atoms with E-state index in [4.69, 9.17) is 4.74 Å². The molecule has 1 aromatic rings. The average molecular weight is 196 g/mol. The zero-order chi connectivity index (χ0) is 10.0. The molecule has 0 bridgehead atoms. The number of rotatable bonds is 2. The van der Waals surface area contributed by atoms with Gasteiger partial charge in [-0.3, -0.25) is 4.79 Å². The van der Waals surface area contributed by atoms with E-state index in [2.05, 4.69) is 12.6 Å². The van der Waals surface area contributed by atoms with E-state index in [1.165, 1.54) is 0 Å². The third-order valence-corrected chi connectivity index (χ3v) is 2.43. The van der Waals surface area contributed by atoms with Gasteiger partial charge in [0.05, 0.1) is 7.11 Å². The van der Waals surface area contributed by atoms with Crippen LogP contribution in [-0.4, -0.2) is 12.2 Å². The zero-order valence-electron chi connectivity index (χ0n) is 7.92. The molecule has 0 spiro atoms. The summed E-state index contributed by atoms with van der Waals surface area (Å²) in [5, 5.41) is -0.205. The van der Waals surface area contributed by atoms with Crippen LogP contribution in [0.15, 0.2) is 12.1 Å². The van der Waals surface area contributed by atoms with E-state index in [-0.39, 0.29) is 5.12 Å². The Labute approximate surface area is 83.3 Å². The Bertz CT molecular complexity index is 345. The Morgan fingerprint density at radius 3 is 2.38 bits per heavy atom. The predicted octanol–water partition coefficient (Wildman–Crippen LogP) is 2.38. The standard InChI is InChI=1S/C10H12O2S/c1-6-7(2)9(12-3)5-4-8(6)10(11)13/h4-5H,1-3H3,(H,11,13). The lowest BCUT2D eigenvalue weighted by Gasteiger charge is -2.09. The van der Waals surface area contributed by atoms with E-state index in [9.17, 15) is 4.79 Å². The highest BCUT2D eigenvalue weighted by Gasteiger charge is 2.09. The smallest absolute Gasteiger partial charge is 0.216 e. The van der Waals surface area contributed by atoms with Crippen LogP contribution in [0.5, 0.6) is 5.75 Å². The fraction of sp³-hybridized carbons (Fsp3) is 0.300. The lowest BCUT2D eigenvalue weighted by atomic mass is 10.0. The fourth-order valence-corrected chi connectivity index (χ4v) is 1.49. The largest absolute Gasteiger partial charge is 0.496 e. The van der Waals surface area contributed by atoms with Crippen LogP contribution in [0.2, 0.25) is 0 Å². The van der Waals surface area contributed by atoms with Gasteiger partial charge in [-0.15, -0.1) is 12.6 Å². The molecule has 1 rings (SSSR count). The van der Waals surface area contributed by atoms with Gasteiger partial charge in [-0.1, -0.05) is 0 Å². The molecule has 0 heterocycles. The molecule has 13 heavy (non-hydrogen) atoms. The summed E-state index contributed by atoms with van der Waals surface area (Å²) in [6.07, 6.45) is 0. The van der Waals surface area contributed by atoms with Crippen molar-refractivity contribution in [2.45, 2.75) is 13.8 Å². The summed E-state index contributed by atoms with van der Waals surface area (Å²) in [5.41, 5.74) is 2.56. The number of methoxy groups -OCH3 is 1. The molecule has 0 aromatic heterocycles. The van der Waals surface area contributed by atoms with Crippen LogP contribution >= 0.6 is 12.6 Å². The van der Waals surface area contributed by atoms with Crippen LogP contribution in [0.1, 0.15) is 21.5 Å². The first-order valence-corrected chi connectivity index (χ1v) is 4.40. The first-order valence-electron chi connectivity index (χ1n) is 3.95. The van der Waals surface area contributed by atoms with Crippen molar-refractivity contribution in [3.05, 3.63) is 28.8 Å². The van der Waals surface area contributed by atoms with Crippen molar-refractivity contribution in [3.63, 3.8) is 0 Å². The van der Waals surface area contributed by atoms with Gasteiger partial charge in [0.25, 0.3) is 0 Å². The van der Waals surface area contributed by atoms with Gasteiger partial charge in [0.2, 0.25) is 5.12 Å². The fourth-order valence-electron chi connectivity index (χ4n) is 1.25. The maximum Gasteiger partial charge on any atom is 0.216 e. The second kappa shape index (κ2) is 3.83. The number of hydrogen-bond acceptors (Lipinski definition) is 2. The predicted molar refractivity (Wildman–Crippen MR) is 55.8 cm³/mol. The lowest BCUT2D eigenvalue weighted by Crippen LogP contribution is -1.98. The van der Waals surface area contributed by atoms with E-state index in [1.54, 1.807) is 19.2 Å². The minimum atomic E-state index is -0.205. The van der Waals surface area contributed by atoms with Crippen LogP contribution in [-0.2, 0) is 0 Å². The van der Waals surface area contributed by atoms with Crippen molar-refractivity contribution in [2.75, 3.05) is 7.11 Å². The minimum Gasteiger partial charge on any atom is -0.496 e. The van der Waals surface area contributed by atoms with Crippen molar-refractivity contribution in [1.29, 1.82) is 0 Å². The highest BCUT2D eigenvalue weighted by molar-refractivity contribution is 7.97. The Morgan fingerprint density at radius 2 is 1.92 bits per heavy atom. The van der Waals surface area contributed by atoms with Gasteiger partial charge in [-0.2, -0.15) is 0 Å². The first-order chi connectivity index (χ1) is 6.07. The molecule has 0 atom stereocenters. The number of carbonyl (C=O) groups excluding carboxylic acids is 1. The first kappa shape index (κ1) is 10.1. The van der Waals surface area contributed by atoms with E-state index < -0.39 is 0 Å². The second-order valence-corrected chi connectivity index (χ2v) is 3.28. The average Bonchev–Trinajstić information content (AvgIpc) is 2.09. The van der Waals surface area contributed by atoms with E-state index in [0.717, 1.165) is 16.9 Å². The number of carbonyl (C=O) groups is 1. The highest BCUT2D eigenvalue weighted by atomic mass is 32.1. The molecule has 3 heteroatoms. The molecule has 0 fully saturated rings. The summed E-state index contributed by atoms with van der Waals surface area (Å²) >= 11 is 3.79. The summed E-state index contributed by atoms with van der Waals surface area (Å²) in [5.74, 6) is 0.802. The topological polar surface area (TPSA) is 26.3 Å². The third-order valence-electron chi connectivity index (χ3n) is 2.19. The van der Waals surface area contributed by atoms with Crippen LogP contribution in [0, 0.1) is 13.8 Å². The zero-order valence-corrected chi connectivity index (χ0v) is 8.81. The molecule has 0 aliphatic heterocycles. The minimum absolute atomic E-state index is 0.205. The number of ether oxygens (including phenoxy) is 1. The van der Waals surface area contributed by atoms with E-state index >= 15 is 0 Å². The lowest BCUT2D eigenvalue weighted by molar-refractivity contribution is 0.109. The van der Waals surface area contributed by atoms with Gasteiger partial charge in [-0.05, 0) is 37.1 Å². The SMILES string of the molecule is COc1ccc(C(=O)S)c(C)c1C. The summed E-state index contributed by atoms with van der Waals surface area (Å²) < 4.78 is 5.12. The van der Waals surface area contributed by atoms with Gasteiger partial charge in [0.1, 0.15) is 5.75 Å². The monoisotopic (exact) mass is 196 g/mol. The van der Waals surface area contributed by atoms with Crippen molar-refractivity contribution in [1.82, 2.24) is 0 Å². The summed E-state index contributed by atoms with van der Waals surface area (Å²) in [6, 6.07) is 3.52. The van der Waals surface area contributed by atoms with E-state index in [1.807, 2.05) is 13.8 Å². The Hall–Kier alpha value is -0.960. The maximum absolute atomic E-state index is 11.0. The van der Waals surface area contributed by atoms with Crippen molar-refractivity contribution < 1.29 is 9.53 Å². The van der Waals surface area contributed by atoms with Gasteiger partial charge in [0.15, 0.2) is 0 Å². The molecule has 0 aliphatic carbocycles.